The number of rotatable bonds is 5. The molecule has 1 heterocycles. The molecule has 3 rings (SSSR count). The molecule has 4 nitrogen and oxygen atoms in total. The lowest BCUT2D eigenvalue weighted by molar-refractivity contribution is -0.124. The van der Waals surface area contributed by atoms with Crippen LogP contribution in [0.15, 0.2) is 0 Å². The van der Waals surface area contributed by atoms with Crippen molar-refractivity contribution in [3.8, 4) is 0 Å². The molecule has 5 heteroatoms. The standard InChI is InChI=1S/C14H24N2O2S/c1-9-12(5-7-18-9)19-11-4-6-14(8-11,13(15)17)16-10-2-3-10/h9-12,16H,2-8H2,1H3,(H2,15,17). The van der Waals surface area contributed by atoms with E-state index in [1.807, 2.05) is 11.8 Å². The Morgan fingerprint density at radius 1 is 1.37 bits per heavy atom. The lowest BCUT2D eigenvalue weighted by Gasteiger charge is -2.28. The molecule has 2 aliphatic carbocycles. The monoisotopic (exact) mass is 284 g/mol. The largest absolute Gasteiger partial charge is 0.377 e. The fourth-order valence-corrected chi connectivity index (χ4v) is 4.96. The summed E-state index contributed by atoms with van der Waals surface area (Å²) in [6, 6.07) is 0.532. The molecule has 1 aliphatic heterocycles. The predicted molar refractivity (Wildman–Crippen MR) is 77.1 cm³/mol. The average molecular weight is 284 g/mol. The van der Waals surface area contributed by atoms with Crippen molar-refractivity contribution >= 4 is 17.7 Å². The van der Waals surface area contributed by atoms with Gasteiger partial charge < -0.3 is 15.8 Å². The van der Waals surface area contributed by atoms with E-state index in [-0.39, 0.29) is 5.91 Å². The van der Waals surface area contributed by atoms with E-state index in [1.165, 1.54) is 12.8 Å². The van der Waals surface area contributed by atoms with Crippen LogP contribution in [-0.4, -0.2) is 40.7 Å². The summed E-state index contributed by atoms with van der Waals surface area (Å²) in [4.78, 5) is 11.9. The highest BCUT2D eigenvalue weighted by molar-refractivity contribution is 8.00. The van der Waals surface area contributed by atoms with Crippen LogP contribution in [0.1, 0.15) is 45.4 Å². The Bertz CT molecular complexity index is 361. The second-order valence-corrected chi connectivity index (χ2v) is 7.81. The fraction of sp³-hybridized carbons (Fsp3) is 0.929. The summed E-state index contributed by atoms with van der Waals surface area (Å²) < 4.78 is 5.62. The van der Waals surface area contributed by atoms with Crippen molar-refractivity contribution in [3.05, 3.63) is 0 Å². The highest BCUT2D eigenvalue weighted by Gasteiger charge is 2.47. The summed E-state index contributed by atoms with van der Waals surface area (Å²) in [7, 11) is 0. The highest BCUT2D eigenvalue weighted by Crippen LogP contribution is 2.42. The molecule has 3 fully saturated rings. The number of hydrogen-bond acceptors (Lipinski definition) is 4. The van der Waals surface area contributed by atoms with Gasteiger partial charge in [0.05, 0.1) is 11.6 Å². The maximum Gasteiger partial charge on any atom is 0.237 e. The first-order chi connectivity index (χ1) is 9.09. The quantitative estimate of drug-likeness (QED) is 0.801. The zero-order valence-corrected chi connectivity index (χ0v) is 12.4. The minimum atomic E-state index is -0.429. The van der Waals surface area contributed by atoms with Gasteiger partial charge in [-0.15, -0.1) is 0 Å². The first-order valence-electron chi connectivity index (χ1n) is 7.44. The van der Waals surface area contributed by atoms with Crippen LogP contribution in [0.2, 0.25) is 0 Å². The SMILES string of the molecule is CC1OCCC1SC1CCC(NC2CC2)(C(N)=O)C1. The van der Waals surface area contributed by atoms with Crippen LogP contribution in [0.25, 0.3) is 0 Å². The van der Waals surface area contributed by atoms with Gasteiger partial charge in [0.2, 0.25) is 5.91 Å². The first kappa shape index (κ1) is 13.7. The van der Waals surface area contributed by atoms with Crippen LogP contribution in [0.3, 0.4) is 0 Å². The van der Waals surface area contributed by atoms with E-state index in [4.69, 9.17) is 10.5 Å². The predicted octanol–water partition coefficient (Wildman–Crippen LogP) is 1.43. The van der Waals surface area contributed by atoms with Crippen LogP contribution in [0.4, 0.5) is 0 Å². The number of thioether (sulfide) groups is 1. The summed E-state index contributed by atoms with van der Waals surface area (Å²) in [5.41, 5.74) is 5.24. The fourth-order valence-electron chi connectivity index (χ4n) is 3.30. The molecule has 4 atom stereocenters. The van der Waals surface area contributed by atoms with Crippen molar-refractivity contribution in [3.63, 3.8) is 0 Å². The van der Waals surface area contributed by atoms with E-state index >= 15 is 0 Å². The van der Waals surface area contributed by atoms with Crippen molar-refractivity contribution < 1.29 is 9.53 Å². The second-order valence-electron chi connectivity index (χ2n) is 6.27. The highest BCUT2D eigenvalue weighted by atomic mass is 32.2. The minimum absolute atomic E-state index is 0.154. The minimum Gasteiger partial charge on any atom is -0.377 e. The molecule has 2 saturated carbocycles. The third-order valence-corrected chi connectivity index (χ3v) is 6.43. The zero-order valence-electron chi connectivity index (χ0n) is 11.6. The van der Waals surface area contributed by atoms with Gasteiger partial charge in [0.15, 0.2) is 0 Å². The molecule has 19 heavy (non-hydrogen) atoms. The van der Waals surface area contributed by atoms with Crippen molar-refractivity contribution in [1.82, 2.24) is 5.32 Å². The zero-order chi connectivity index (χ0) is 13.5. The summed E-state index contributed by atoms with van der Waals surface area (Å²) in [5, 5.41) is 4.65. The number of carbonyl (C=O) groups excluding carboxylic acids is 1. The Morgan fingerprint density at radius 2 is 2.16 bits per heavy atom. The molecule has 4 unspecified atom stereocenters. The van der Waals surface area contributed by atoms with Crippen molar-refractivity contribution in [2.45, 2.75) is 73.6 Å². The molecule has 0 aromatic heterocycles. The van der Waals surface area contributed by atoms with Crippen LogP contribution in [-0.2, 0) is 9.53 Å². The average Bonchev–Trinajstić information content (AvgIpc) is 2.93. The Kier molecular flexibility index (Phi) is 3.80. The lowest BCUT2D eigenvalue weighted by atomic mass is 9.96. The topological polar surface area (TPSA) is 64.3 Å². The number of carbonyl (C=O) groups is 1. The molecule has 0 spiro atoms. The third kappa shape index (κ3) is 2.93. The normalized spacial score (nSPS) is 42.7. The summed E-state index contributed by atoms with van der Waals surface area (Å²) in [6.45, 7) is 3.04. The van der Waals surface area contributed by atoms with Crippen LogP contribution >= 0.6 is 11.8 Å². The van der Waals surface area contributed by atoms with Gasteiger partial charge in [0, 0.05) is 23.1 Å². The maximum atomic E-state index is 11.9. The van der Waals surface area contributed by atoms with Crippen LogP contribution in [0.5, 0.6) is 0 Å². The summed E-state index contributed by atoms with van der Waals surface area (Å²) in [5.74, 6) is -0.154. The number of hydrogen-bond donors (Lipinski definition) is 2. The van der Waals surface area contributed by atoms with Gasteiger partial charge >= 0.3 is 0 Å². The van der Waals surface area contributed by atoms with Gasteiger partial charge in [-0.3, -0.25) is 4.79 Å². The Hall–Kier alpha value is -0.260. The number of amides is 1. The number of nitrogens with one attached hydrogen (secondary N) is 1. The molecule has 1 amide bonds. The molecule has 0 bridgehead atoms. The number of primary amides is 1. The molecule has 0 aromatic carbocycles. The molecule has 0 radical (unpaired) electrons. The van der Waals surface area contributed by atoms with Crippen LogP contribution < -0.4 is 11.1 Å². The van der Waals surface area contributed by atoms with Gasteiger partial charge in [-0.2, -0.15) is 11.8 Å². The van der Waals surface area contributed by atoms with Gasteiger partial charge in [-0.05, 0) is 45.4 Å². The molecule has 108 valence electrons. The van der Waals surface area contributed by atoms with E-state index in [2.05, 4.69) is 12.2 Å². The van der Waals surface area contributed by atoms with Gasteiger partial charge in [-0.1, -0.05) is 0 Å². The van der Waals surface area contributed by atoms with Crippen molar-refractivity contribution in [2.24, 2.45) is 5.73 Å². The van der Waals surface area contributed by atoms with E-state index in [9.17, 15) is 4.79 Å². The van der Waals surface area contributed by atoms with E-state index in [0.717, 1.165) is 32.3 Å². The maximum absolute atomic E-state index is 11.9. The Balaban J connectivity index is 1.59. The summed E-state index contributed by atoms with van der Waals surface area (Å²) >= 11 is 2.02. The number of nitrogens with two attached hydrogens (primary N) is 1. The Labute approximate surface area is 119 Å². The summed E-state index contributed by atoms with van der Waals surface area (Å²) in [6.07, 6.45) is 6.77. The first-order valence-corrected chi connectivity index (χ1v) is 8.38. The third-order valence-electron chi connectivity index (χ3n) is 4.67. The van der Waals surface area contributed by atoms with Crippen molar-refractivity contribution in [2.75, 3.05) is 6.61 Å². The number of ether oxygens (including phenoxy) is 1. The van der Waals surface area contributed by atoms with Crippen LogP contribution in [0, 0.1) is 0 Å². The molecule has 3 aliphatic rings. The van der Waals surface area contributed by atoms with Gasteiger partial charge in [0.25, 0.3) is 0 Å². The molecular formula is C14H24N2O2S. The molecular weight excluding hydrogens is 260 g/mol. The molecule has 1 saturated heterocycles. The molecule has 3 N–H and O–H groups in total. The van der Waals surface area contributed by atoms with Gasteiger partial charge in [-0.25, -0.2) is 0 Å². The molecule has 0 aromatic rings. The lowest BCUT2D eigenvalue weighted by Crippen LogP contribution is -2.54. The van der Waals surface area contributed by atoms with E-state index < -0.39 is 5.54 Å². The van der Waals surface area contributed by atoms with E-state index in [1.54, 1.807) is 0 Å². The second kappa shape index (κ2) is 5.26. The smallest absolute Gasteiger partial charge is 0.237 e. The van der Waals surface area contributed by atoms with Gasteiger partial charge in [0.1, 0.15) is 0 Å². The Morgan fingerprint density at radius 3 is 2.74 bits per heavy atom. The van der Waals surface area contributed by atoms with Crippen molar-refractivity contribution in [1.29, 1.82) is 0 Å². The van der Waals surface area contributed by atoms with E-state index in [0.29, 0.717) is 22.6 Å².